The number of methoxy groups -OCH3 is 1. The molecule has 7 nitrogen and oxygen atoms in total. The summed E-state index contributed by atoms with van der Waals surface area (Å²) in [6.45, 7) is 2.84. The molecule has 150 valence electrons. The number of rotatable bonds is 10. The van der Waals surface area contributed by atoms with Crippen LogP contribution in [-0.2, 0) is 16.1 Å². The molecule has 28 heavy (non-hydrogen) atoms. The number of anilines is 2. The number of ether oxygens (including phenoxy) is 1. The summed E-state index contributed by atoms with van der Waals surface area (Å²) in [5.41, 5.74) is 2.05. The molecule has 0 fully saturated rings. The molecule has 1 heterocycles. The molecule has 0 spiro atoms. The summed E-state index contributed by atoms with van der Waals surface area (Å²) in [6.07, 6.45) is 3.96. The van der Waals surface area contributed by atoms with Gasteiger partial charge in [-0.1, -0.05) is 19.4 Å². The Kier molecular flexibility index (Phi) is 8.42. The van der Waals surface area contributed by atoms with Gasteiger partial charge in [-0.15, -0.1) is 0 Å². The first kappa shape index (κ1) is 21.4. The van der Waals surface area contributed by atoms with Crippen LogP contribution in [-0.4, -0.2) is 42.4 Å². The van der Waals surface area contributed by atoms with Gasteiger partial charge in [0.25, 0.3) is 0 Å². The molecule has 1 aromatic carbocycles. The van der Waals surface area contributed by atoms with Gasteiger partial charge in [0.05, 0.1) is 25.0 Å². The summed E-state index contributed by atoms with van der Waals surface area (Å²) in [5.74, 6) is 0.334. The van der Waals surface area contributed by atoms with E-state index in [1.54, 1.807) is 31.5 Å². The van der Waals surface area contributed by atoms with Gasteiger partial charge in [-0.05, 0) is 43.8 Å². The Morgan fingerprint density at radius 3 is 2.64 bits per heavy atom. The average molecular weight is 384 g/mol. The molecule has 0 bridgehead atoms. The van der Waals surface area contributed by atoms with Crippen molar-refractivity contribution in [1.29, 1.82) is 0 Å². The van der Waals surface area contributed by atoms with Gasteiger partial charge in [-0.3, -0.25) is 19.5 Å². The monoisotopic (exact) mass is 384 g/mol. The zero-order chi connectivity index (χ0) is 20.4. The van der Waals surface area contributed by atoms with Crippen LogP contribution < -0.4 is 15.4 Å². The van der Waals surface area contributed by atoms with E-state index in [1.165, 1.54) is 0 Å². The van der Waals surface area contributed by atoms with Gasteiger partial charge in [0.15, 0.2) is 0 Å². The van der Waals surface area contributed by atoms with Gasteiger partial charge in [0.2, 0.25) is 11.8 Å². The minimum absolute atomic E-state index is 0.0706. The Labute approximate surface area is 166 Å². The van der Waals surface area contributed by atoms with Crippen LogP contribution in [0.2, 0.25) is 0 Å². The largest absolute Gasteiger partial charge is 0.495 e. The second kappa shape index (κ2) is 11.0. The SMILES string of the molecule is CCCCC(=O)Nc1cc(NC(=O)CN(C)Cc2ccccn2)ccc1OC. The smallest absolute Gasteiger partial charge is 0.238 e. The fourth-order valence-corrected chi connectivity index (χ4v) is 2.70. The van der Waals surface area contributed by atoms with Crippen LogP contribution in [0.3, 0.4) is 0 Å². The molecule has 0 aliphatic rings. The fourth-order valence-electron chi connectivity index (χ4n) is 2.70. The molecule has 2 amide bonds. The van der Waals surface area contributed by atoms with Crippen LogP contribution in [0.15, 0.2) is 42.6 Å². The average Bonchev–Trinajstić information content (AvgIpc) is 2.67. The number of pyridine rings is 1. The Bertz CT molecular complexity index is 780. The number of likely N-dealkylation sites (N-methyl/N-ethyl adjacent to an activating group) is 1. The number of carbonyl (C=O) groups excluding carboxylic acids is 2. The van der Waals surface area contributed by atoms with E-state index in [1.807, 2.05) is 37.1 Å². The van der Waals surface area contributed by atoms with Gasteiger partial charge in [0.1, 0.15) is 5.75 Å². The molecule has 0 radical (unpaired) electrons. The number of unbranched alkanes of at least 4 members (excludes halogenated alkanes) is 1. The van der Waals surface area contributed by atoms with Crippen molar-refractivity contribution in [2.24, 2.45) is 0 Å². The topological polar surface area (TPSA) is 83.6 Å². The maximum atomic E-state index is 12.4. The lowest BCUT2D eigenvalue weighted by molar-refractivity contribution is -0.117. The lowest BCUT2D eigenvalue weighted by Gasteiger charge is -2.17. The van der Waals surface area contributed by atoms with Crippen LogP contribution in [0, 0.1) is 0 Å². The normalized spacial score (nSPS) is 10.6. The first-order valence-electron chi connectivity index (χ1n) is 9.38. The van der Waals surface area contributed by atoms with Crippen molar-refractivity contribution in [2.45, 2.75) is 32.7 Å². The lowest BCUT2D eigenvalue weighted by Crippen LogP contribution is -2.30. The Morgan fingerprint density at radius 1 is 1.14 bits per heavy atom. The molecule has 0 saturated heterocycles. The maximum absolute atomic E-state index is 12.4. The number of hydrogen-bond acceptors (Lipinski definition) is 5. The molecule has 2 aromatic rings. The third-order valence-electron chi connectivity index (χ3n) is 4.09. The Hall–Kier alpha value is -2.93. The number of benzene rings is 1. The zero-order valence-electron chi connectivity index (χ0n) is 16.7. The van der Waals surface area contributed by atoms with Gasteiger partial charge in [0, 0.05) is 24.8 Å². The van der Waals surface area contributed by atoms with E-state index in [0.29, 0.717) is 30.1 Å². The standard InChI is InChI=1S/C21H28N4O3/c1-4-5-9-20(26)24-18-13-16(10-11-19(18)28-3)23-21(27)15-25(2)14-17-8-6-7-12-22-17/h6-8,10-13H,4-5,9,14-15H2,1-3H3,(H,23,27)(H,24,26). The number of amides is 2. The van der Waals surface area contributed by atoms with Gasteiger partial charge < -0.3 is 15.4 Å². The third kappa shape index (κ3) is 7.00. The molecule has 0 aliphatic heterocycles. The molecule has 2 N–H and O–H groups in total. The molecule has 0 unspecified atom stereocenters. The van der Waals surface area contributed by atoms with Crippen molar-refractivity contribution in [2.75, 3.05) is 31.3 Å². The predicted octanol–water partition coefficient (Wildman–Crippen LogP) is 3.29. The van der Waals surface area contributed by atoms with E-state index in [4.69, 9.17) is 4.74 Å². The second-order valence-electron chi connectivity index (χ2n) is 6.61. The minimum atomic E-state index is -0.146. The van der Waals surface area contributed by atoms with Crippen LogP contribution in [0.4, 0.5) is 11.4 Å². The predicted molar refractivity (Wildman–Crippen MR) is 110 cm³/mol. The molecular weight excluding hydrogens is 356 g/mol. The molecule has 2 rings (SSSR count). The van der Waals surface area contributed by atoms with E-state index in [0.717, 1.165) is 18.5 Å². The second-order valence-corrected chi connectivity index (χ2v) is 6.61. The first-order chi connectivity index (χ1) is 13.5. The molecule has 0 saturated carbocycles. The van der Waals surface area contributed by atoms with E-state index >= 15 is 0 Å². The third-order valence-corrected chi connectivity index (χ3v) is 4.09. The minimum Gasteiger partial charge on any atom is -0.495 e. The van der Waals surface area contributed by atoms with Crippen LogP contribution in [0.1, 0.15) is 31.9 Å². The quantitative estimate of drug-likeness (QED) is 0.657. The molecule has 7 heteroatoms. The van der Waals surface area contributed by atoms with Crippen molar-refractivity contribution < 1.29 is 14.3 Å². The van der Waals surface area contributed by atoms with E-state index < -0.39 is 0 Å². The fraction of sp³-hybridized carbons (Fsp3) is 0.381. The lowest BCUT2D eigenvalue weighted by atomic mass is 10.2. The number of aromatic nitrogens is 1. The molecular formula is C21H28N4O3. The zero-order valence-corrected chi connectivity index (χ0v) is 16.7. The summed E-state index contributed by atoms with van der Waals surface area (Å²) in [5, 5.41) is 5.71. The molecule has 0 atom stereocenters. The van der Waals surface area contributed by atoms with Gasteiger partial charge in [-0.2, -0.15) is 0 Å². The van der Waals surface area contributed by atoms with Gasteiger partial charge >= 0.3 is 0 Å². The Balaban J connectivity index is 1.95. The summed E-state index contributed by atoms with van der Waals surface area (Å²) >= 11 is 0. The summed E-state index contributed by atoms with van der Waals surface area (Å²) < 4.78 is 5.30. The molecule has 1 aromatic heterocycles. The van der Waals surface area contributed by atoms with Crippen LogP contribution in [0.25, 0.3) is 0 Å². The Morgan fingerprint density at radius 2 is 1.96 bits per heavy atom. The van der Waals surface area contributed by atoms with Crippen molar-refractivity contribution in [3.63, 3.8) is 0 Å². The van der Waals surface area contributed by atoms with Crippen molar-refractivity contribution in [3.8, 4) is 5.75 Å². The first-order valence-corrected chi connectivity index (χ1v) is 9.38. The number of nitrogens with one attached hydrogen (secondary N) is 2. The summed E-state index contributed by atoms with van der Waals surface area (Å²) in [6, 6.07) is 10.9. The highest BCUT2D eigenvalue weighted by Crippen LogP contribution is 2.28. The van der Waals surface area contributed by atoms with E-state index in [9.17, 15) is 9.59 Å². The highest BCUT2D eigenvalue weighted by molar-refractivity contribution is 5.96. The number of nitrogens with zero attached hydrogens (tertiary/aromatic N) is 2. The summed E-state index contributed by atoms with van der Waals surface area (Å²) in [7, 11) is 3.41. The molecule has 0 aliphatic carbocycles. The van der Waals surface area contributed by atoms with Crippen molar-refractivity contribution >= 4 is 23.2 Å². The number of hydrogen-bond donors (Lipinski definition) is 2. The van der Waals surface area contributed by atoms with Gasteiger partial charge in [-0.25, -0.2) is 0 Å². The van der Waals surface area contributed by atoms with E-state index in [-0.39, 0.29) is 18.4 Å². The van der Waals surface area contributed by atoms with E-state index in [2.05, 4.69) is 15.6 Å². The highest BCUT2D eigenvalue weighted by Gasteiger charge is 2.12. The number of carbonyl (C=O) groups is 2. The summed E-state index contributed by atoms with van der Waals surface area (Å²) in [4.78, 5) is 30.5. The van der Waals surface area contributed by atoms with Crippen molar-refractivity contribution in [1.82, 2.24) is 9.88 Å². The van der Waals surface area contributed by atoms with Crippen LogP contribution >= 0.6 is 0 Å². The maximum Gasteiger partial charge on any atom is 0.238 e. The van der Waals surface area contributed by atoms with Crippen LogP contribution in [0.5, 0.6) is 5.75 Å². The van der Waals surface area contributed by atoms with Crippen molar-refractivity contribution in [3.05, 3.63) is 48.3 Å². The highest BCUT2D eigenvalue weighted by atomic mass is 16.5.